The van der Waals surface area contributed by atoms with Crippen molar-refractivity contribution in [2.24, 2.45) is 0 Å². The zero-order valence-corrected chi connectivity index (χ0v) is 14.4. The van der Waals surface area contributed by atoms with E-state index in [0.717, 1.165) is 10.6 Å². The monoisotopic (exact) mass is 345 g/mol. The van der Waals surface area contributed by atoms with Gasteiger partial charge in [-0.3, -0.25) is 4.79 Å². The van der Waals surface area contributed by atoms with E-state index in [1.165, 1.54) is 0 Å². The van der Waals surface area contributed by atoms with Gasteiger partial charge >= 0.3 is 0 Å². The third-order valence-corrected chi connectivity index (χ3v) is 4.95. The molecule has 0 unspecified atom stereocenters. The van der Waals surface area contributed by atoms with Crippen molar-refractivity contribution in [3.05, 3.63) is 69.1 Å². The molecule has 0 aliphatic carbocycles. The molecule has 0 saturated carbocycles. The molecule has 2 heterocycles. The fourth-order valence-corrected chi connectivity index (χ4v) is 3.47. The van der Waals surface area contributed by atoms with E-state index in [2.05, 4.69) is 10.4 Å². The highest BCUT2D eigenvalue weighted by atomic mass is 35.5. The standard InChI is InChI=1S/C17H16ClN3OS/c1-11(14-9-6-10-23-14)19-17(22)15-12(2)20-21(16(15)18)13-7-4-3-5-8-13/h3-11H,1-2H3,(H,19,22)/t11-/m1/s1. The van der Waals surface area contributed by atoms with Gasteiger partial charge in [-0.25, -0.2) is 4.68 Å². The fourth-order valence-electron chi connectivity index (χ4n) is 2.37. The number of hydrogen-bond donors (Lipinski definition) is 1. The molecule has 0 radical (unpaired) electrons. The maximum atomic E-state index is 12.6. The fraction of sp³-hybridized carbons (Fsp3) is 0.176. The lowest BCUT2D eigenvalue weighted by molar-refractivity contribution is 0.0940. The third kappa shape index (κ3) is 3.16. The van der Waals surface area contributed by atoms with Gasteiger partial charge in [0.2, 0.25) is 0 Å². The molecule has 4 nitrogen and oxygen atoms in total. The molecule has 2 aromatic heterocycles. The minimum absolute atomic E-state index is 0.0713. The molecule has 0 spiro atoms. The van der Waals surface area contributed by atoms with Gasteiger partial charge in [0, 0.05) is 4.88 Å². The molecule has 0 fully saturated rings. The van der Waals surface area contributed by atoms with E-state index in [1.54, 1.807) is 22.9 Å². The minimum atomic E-state index is -0.212. The summed E-state index contributed by atoms with van der Waals surface area (Å²) in [5.74, 6) is -0.212. The first kappa shape index (κ1) is 15.8. The van der Waals surface area contributed by atoms with Crippen molar-refractivity contribution in [1.29, 1.82) is 0 Å². The zero-order chi connectivity index (χ0) is 16.4. The van der Waals surface area contributed by atoms with Crippen molar-refractivity contribution < 1.29 is 4.79 Å². The number of nitrogens with one attached hydrogen (secondary N) is 1. The van der Waals surface area contributed by atoms with Crippen LogP contribution in [0.1, 0.15) is 33.9 Å². The van der Waals surface area contributed by atoms with E-state index in [9.17, 15) is 4.79 Å². The summed E-state index contributed by atoms with van der Waals surface area (Å²) in [6, 6.07) is 13.4. The summed E-state index contributed by atoms with van der Waals surface area (Å²) in [6.07, 6.45) is 0. The Morgan fingerprint density at radius 1 is 1.26 bits per heavy atom. The summed E-state index contributed by atoms with van der Waals surface area (Å²) in [6.45, 7) is 3.74. The number of aromatic nitrogens is 2. The largest absolute Gasteiger partial charge is 0.345 e. The summed E-state index contributed by atoms with van der Waals surface area (Å²) in [4.78, 5) is 13.7. The number of aryl methyl sites for hydroxylation is 1. The Kier molecular flexibility index (Phi) is 4.50. The molecule has 0 aliphatic heterocycles. The number of hydrogen-bond acceptors (Lipinski definition) is 3. The molecule has 1 atom stereocenters. The van der Waals surface area contributed by atoms with Gasteiger partial charge in [-0.15, -0.1) is 11.3 Å². The third-order valence-electron chi connectivity index (χ3n) is 3.55. The van der Waals surface area contributed by atoms with Crippen molar-refractivity contribution in [3.8, 4) is 5.69 Å². The van der Waals surface area contributed by atoms with Gasteiger partial charge in [-0.05, 0) is 37.4 Å². The molecule has 3 rings (SSSR count). The number of carbonyl (C=O) groups excluding carboxylic acids is 1. The van der Waals surface area contributed by atoms with Crippen molar-refractivity contribution in [3.63, 3.8) is 0 Å². The van der Waals surface area contributed by atoms with E-state index < -0.39 is 0 Å². The van der Waals surface area contributed by atoms with Gasteiger partial charge in [-0.2, -0.15) is 5.10 Å². The first-order valence-electron chi connectivity index (χ1n) is 7.22. The van der Waals surface area contributed by atoms with Crippen molar-refractivity contribution in [1.82, 2.24) is 15.1 Å². The van der Waals surface area contributed by atoms with Crippen LogP contribution in [-0.4, -0.2) is 15.7 Å². The number of amides is 1. The Morgan fingerprint density at radius 3 is 2.65 bits per heavy atom. The van der Waals surface area contributed by atoms with Gasteiger partial charge in [0.05, 0.1) is 23.0 Å². The number of carbonyl (C=O) groups is 1. The van der Waals surface area contributed by atoms with Crippen molar-refractivity contribution in [2.75, 3.05) is 0 Å². The predicted octanol–water partition coefficient (Wildman–Crippen LogP) is 4.39. The minimum Gasteiger partial charge on any atom is -0.345 e. The maximum absolute atomic E-state index is 12.6. The molecule has 6 heteroatoms. The highest BCUT2D eigenvalue weighted by Gasteiger charge is 2.22. The Balaban J connectivity index is 1.88. The number of para-hydroxylation sites is 1. The van der Waals surface area contributed by atoms with E-state index in [0.29, 0.717) is 16.4 Å². The van der Waals surface area contributed by atoms with Crippen molar-refractivity contribution >= 4 is 28.8 Å². The molecular formula is C17H16ClN3OS. The molecular weight excluding hydrogens is 330 g/mol. The number of benzene rings is 1. The van der Waals surface area contributed by atoms with Crippen LogP contribution in [0, 0.1) is 6.92 Å². The van der Waals surface area contributed by atoms with E-state index in [1.807, 2.05) is 54.8 Å². The van der Waals surface area contributed by atoms with E-state index in [-0.39, 0.29) is 11.9 Å². The Hall–Kier alpha value is -2.11. The molecule has 0 bridgehead atoms. The highest BCUT2D eigenvalue weighted by molar-refractivity contribution is 7.10. The van der Waals surface area contributed by atoms with E-state index >= 15 is 0 Å². The van der Waals surface area contributed by atoms with Gasteiger partial charge in [0.15, 0.2) is 0 Å². The lowest BCUT2D eigenvalue weighted by Gasteiger charge is -2.12. The van der Waals surface area contributed by atoms with Gasteiger partial charge in [0.25, 0.3) is 5.91 Å². The van der Waals surface area contributed by atoms with Crippen LogP contribution in [0.2, 0.25) is 5.15 Å². The van der Waals surface area contributed by atoms with Crippen LogP contribution in [-0.2, 0) is 0 Å². The molecule has 23 heavy (non-hydrogen) atoms. The van der Waals surface area contributed by atoms with Gasteiger partial charge in [0.1, 0.15) is 5.15 Å². The van der Waals surface area contributed by atoms with E-state index in [4.69, 9.17) is 11.6 Å². The molecule has 0 aliphatic rings. The molecule has 1 N–H and O–H groups in total. The SMILES string of the molecule is Cc1nn(-c2ccccc2)c(Cl)c1C(=O)N[C@H](C)c1cccs1. The Bertz CT molecular complexity index is 812. The van der Waals surface area contributed by atoms with Crippen LogP contribution < -0.4 is 5.32 Å². The summed E-state index contributed by atoms with van der Waals surface area (Å²) in [5.41, 5.74) is 1.85. The van der Waals surface area contributed by atoms with Crippen LogP contribution in [0.25, 0.3) is 5.69 Å². The smallest absolute Gasteiger partial charge is 0.256 e. The van der Waals surface area contributed by atoms with Crippen LogP contribution >= 0.6 is 22.9 Å². The van der Waals surface area contributed by atoms with Gasteiger partial charge < -0.3 is 5.32 Å². The van der Waals surface area contributed by atoms with Crippen LogP contribution in [0.4, 0.5) is 0 Å². The normalized spacial score (nSPS) is 12.1. The van der Waals surface area contributed by atoms with Crippen LogP contribution in [0.3, 0.4) is 0 Å². The number of rotatable bonds is 4. The number of halogens is 1. The second-order valence-corrected chi connectivity index (χ2v) is 6.55. The lowest BCUT2D eigenvalue weighted by Crippen LogP contribution is -2.26. The average molecular weight is 346 g/mol. The molecule has 3 aromatic rings. The highest BCUT2D eigenvalue weighted by Crippen LogP contribution is 2.25. The van der Waals surface area contributed by atoms with Gasteiger partial charge in [-0.1, -0.05) is 35.9 Å². The summed E-state index contributed by atoms with van der Waals surface area (Å²) in [5, 5.41) is 9.69. The maximum Gasteiger partial charge on any atom is 0.256 e. The second kappa shape index (κ2) is 6.56. The predicted molar refractivity (Wildman–Crippen MR) is 93.5 cm³/mol. The quantitative estimate of drug-likeness (QED) is 0.762. The average Bonchev–Trinajstić information content (AvgIpc) is 3.16. The number of nitrogens with zero attached hydrogens (tertiary/aromatic N) is 2. The molecule has 0 saturated heterocycles. The zero-order valence-electron chi connectivity index (χ0n) is 12.8. The summed E-state index contributed by atoms with van der Waals surface area (Å²) in [7, 11) is 0. The lowest BCUT2D eigenvalue weighted by atomic mass is 10.2. The summed E-state index contributed by atoms with van der Waals surface area (Å²) >= 11 is 8.02. The number of thiophene rings is 1. The van der Waals surface area contributed by atoms with Crippen molar-refractivity contribution in [2.45, 2.75) is 19.9 Å². The topological polar surface area (TPSA) is 46.9 Å². The first-order chi connectivity index (χ1) is 11.1. The first-order valence-corrected chi connectivity index (χ1v) is 8.48. The van der Waals surface area contributed by atoms with Crippen LogP contribution in [0.15, 0.2) is 47.8 Å². The Labute approximate surface area is 143 Å². The van der Waals surface area contributed by atoms with Crippen LogP contribution in [0.5, 0.6) is 0 Å². The molecule has 118 valence electrons. The molecule has 1 amide bonds. The second-order valence-electron chi connectivity index (χ2n) is 5.21. The Morgan fingerprint density at radius 2 is 2.00 bits per heavy atom. The summed E-state index contributed by atoms with van der Waals surface area (Å²) < 4.78 is 1.58. The molecule has 1 aromatic carbocycles.